The minimum absolute atomic E-state index is 0.104. The lowest BCUT2D eigenvalue weighted by molar-refractivity contribution is 0.323. The molecule has 0 aromatic heterocycles. The van der Waals surface area contributed by atoms with Gasteiger partial charge in [0.1, 0.15) is 5.54 Å². The molecule has 5 rings (SSSR count). The number of fused-ring (bicyclic) bond motifs is 1. The predicted molar refractivity (Wildman–Crippen MR) is 122 cm³/mol. The Morgan fingerprint density at radius 2 is 1.66 bits per heavy atom. The molecule has 4 heteroatoms. The zero-order valence-corrected chi connectivity index (χ0v) is 17.1. The Kier molecular flexibility index (Phi) is 5.09. The normalized spacial score (nSPS) is 28.1. The highest BCUT2D eigenvalue weighted by Crippen LogP contribution is 2.45. The first-order chi connectivity index (χ1) is 14.4. The van der Waals surface area contributed by atoms with E-state index in [9.17, 15) is 0 Å². The number of nitrogens with one attached hydrogen (secondary N) is 1. The molecule has 2 fully saturated rings. The van der Waals surface area contributed by atoms with E-state index in [0.717, 1.165) is 31.4 Å². The maximum Gasteiger partial charge on any atom is 0.104 e. The average molecular weight is 387 g/mol. The Morgan fingerprint density at radius 3 is 2.48 bits per heavy atom. The molecule has 0 unspecified atom stereocenters. The van der Waals surface area contributed by atoms with Crippen LogP contribution in [0.25, 0.3) is 0 Å². The number of nitrogens with zero attached hydrogens (tertiary/aromatic N) is 3. The van der Waals surface area contributed by atoms with Gasteiger partial charge in [-0.25, -0.2) is 0 Å². The Bertz CT molecular complexity index is 890. The summed E-state index contributed by atoms with van der Waals surface area (Å²) in [5.74, 6) is 0.615. The molecule has 2 atom stereocenters. The van der Waals surface area contributed by atoms with Crippen molar-refractivity contribution >= 4 is 22.8 Å². The first kappa shape index (κ1) is 18.4. The van der Waals surface area contributed by atoms with Gasteiger partial charge in [0.05, 0.1) is 17.1 Å². The summed E-state index contributed by atoms with van der Waals surface area (Å²) < 4.78 is 0. The van der Waals surface area contributed by atoms with Crippen LogP contribution < -0.4 is 10.4 Å². The SMILES string of the molecule is c1ccc(N/N=C2/CCCC[C@@]23C[C@@H]2CCCCC2=NN3c2ccccc2)cc1. The Morgan fingerprint density at radius 1 is 0.897 bits per heavy atom. The number of hydrogen-bond donors (Lipinski definition) is 1. The largest absolute Gasteiger partial charge is 0.278 e. The minimum atomic E-state index is -0.104. The van der Waals surface area contributed by atoms with Crippen LogP contribution in [-0.2, 0) is 0 Å². The van der Waals surface area contributed by atoms with Crippen LogP contribution in [0, 0.1) is 5.92 Å². The van der Waals surface area contributed by atoms with Crippen LogP contribution in [0.5, 0.6) is 0 Å². The predicted octanol–water partition coefficient (Wildman–Crippen LogP) is 6.22. The van der Waals surface area contributed by atoms with Crippen LogP contribution in [0.1, 0.15) is 57.8 Å². The standard InChI is InChI=1S/C25H30N4/c1-3-12-21(13-4-1)26-27-24-17-9-10-18-25(24)19-20-11-7-8-16-23(20)28-29(25)22-14-5-2-6-15-22/h1-6,12-15,20,26H,7-11,16-19H2/b27-24-/t20-,25+/m0/s1. The monoisotopic (exact) mass is 386 g/mol. The van der Waals surface area contributed by atoms with Gasteiger partial charge in [-0.2, -0.15) is 10.2 Å². The molecule has 2 saturated carbocycles. The van der Waals surface area contributed by atoms with Crippen molar-refractivity contribution in [1.82, 2.24) is 0 Å². The zero-order chi connectivity index (χ0) is 19.5. The fraction of sp³-hybridized carbons (Fsp3) is 0.440. The molecule has 0 radical (unpaired) electrons. The van der Waals surface area contributed by atoms with Crippen molar-refractivity contribution in [3.8, 4) is 0 Å². The van der Waals surface area contributed by atoms with Gasteiger partial charge in [0.2, 0.25) is 0 Å². The van der Waals surface area contributed by atoms with Crippen molar-refractivity contribution in [2.45, 2.75) is 63.3 Å². The number of benzene rings is 2. The number of hydrogen-bond acceptors (Lipinski definition) is 4. The summed E-state index contributed by atoms with van der Waals surface area (Å²) in [7, 11) is 0. The van der Waals surface area contributed by atoms with E-state index >= 15 is 0 Å². The van der Waals surface area contributed by atoms with Crippen molar-refractivity contribution in [2.24, 2.45) is 16.1 Å². The highest BCUT2D eigenvalue weighted by atomic mass is 15.5. The summed E-state index contributed by atoms with van der Waals surface area (Å²) in [6.07, 6.45) is 10.8. The van der Waals surface area contributed by atoms with Gasteiger partial charge >= 0.3 is 0 Å². The third-order valence-electron chi connectivity index (χ3n) is 6.81. The van der Waals surface area contributed by atoms with E-state index in [-0.39, 0.29) is 5.54 Å². The third kappa shape index (κ3) is 3.57. The van der Waals surface area contributed by atoms with Gasteiger partial charge in [-0.05, 0) is 69.2 Å². The number of rotatable bonds is 3. The Balaban J connectivity index is 1.56. The molecule has 2 aliphatic carbocycles. The quantitative estimate of drug-likeness (QED) is 0.636. The molecule has 2 aromatic rings. The molecular formula is C25H30N4. The van der Waals surface area contributed by atoms with Gasteiger partial charge < -0.3 is 0 Å². The lowest BCUT2D eigenvalue weighted by atomic mass is 9.69. The second-order valence-electron chi connectivity index (χ2n) is 8.66. The molecule has 2 aromatic carbocycles. The minimum Gasteiger partial charge on any atom is -0.278 e. The van der Waals surface area contributed by atoms with Crippen LogP contribution in [0.4, 0.5) is 11.4 Å². The van der Waals surface area contributed by atoms with Crippen LogP contribution in [0.3, 0.4) is 0 Å². The molecular weight excluding hydrogens is 356 g/mol. The molecule has 150 valence electrons. The smallest absolute Gasteiger partial charge is 0.104 e. The maximum absolute atomic E-state index is 5.30. The van der Waals surface area contributed by atoms with E-state index in [4.69, 9.17) is 10.2 Å². The van der Waals surface area contributed by atoms with Crippen molar-refractivity contribution < 1.29 is 0 Å². The van der Waals surface area contributed by atoms with Crippen molar-refractivity contribution in [3.05, 3.63) is 60.7 Å². The Hall–Kier alpha value is -2.62. The van der Waals surface area contributed by atoms with Crippen molar-refractivity contribution in [3.63, 3.8) is 0 Å². The molecule has 1 heterocycles. The fourth-order valence-electron chi connectivity index (χ4n) is 5.35. The third-order valence-corrected chi connectivity index (χ3v) is 6.81. The first-order valence-corrected chi connectivity index (χ1v) is 11.2. The number of anilines is 2. The first-order valence-electron chi connectivity index (χ1n) is 11.2. The molecule has 0 saturated heterocycles. The highest BCUT2D eigenvalue weighted by molar-refractivity contribution is 6.01. The molecule has 4 nitrogen and oxygen atoms in total. The zero-order valence-electron chi connectivity index (χ0n) is 17.1. The van der Waals surface area contributed by atoms with E-state index in [2.05, 4.69) is 65.0 Å². The summed E-state index contributed by atoms with van der Waals surface area (Å²) in [6, 6.07) is 21.0. The average Bonchev–Trinajstić information content (AvgIpc) is 2.79. The molecule has 1 N–H and O–H groups in total. The second kappa shape index (κ2) is 8.02. The summed E-state index contributed by atoms with van der Waals surface area (Å²) in [6.45, 7) is 0. The van der Waals surface area contributed by atoms with E-state index in [1.54, 1.807) is 0 Å². The van der Waals surface area contributed by atoms with Crippen LogP contribution in [0.2, 0.25) is 0 Å². The molecule has 1 aliphatic heterocycles. The topological polar surface area (TPSA) is 40.0 Å². The van der Waals surface area contributed by atoms with E-state index < -0.39 is 0 Å². The molecule has 0 bridgehead atoms. The van der Waals surface area contributed by atoms with Gasteiger partial charge in [0.15, 0.2) is 0 Å². The van der Waals surface area contributed by atoms with E-state index in [0.29, 0.717) is 5.92 Å². The van der Waals surface area contributed by atoms with Crippen molar-refractivity contribution in [2.75, 3.05) is 10.4 Å². The number of hydrazone groups is 2. The van der Waals surface area contributed by atoms with Crippen LogP contribution >= 0.6 is 0 Å². The van der Waals surface area contributed by atoms with E-state index in [1.807, 2.05) is 6.07 Å². The van der Waals surface area contributed by atoms with E-state index in [1.165, 1.54) is 49.2 Å². The highest BCUT2D eigenvalue weighted by Gasteiger charge is 2.49. The molecule has 1 spiro atoms. The van der Waals surface area contributed by atoms with Gasteiger partial charge in [-0.15, -0.1) is 0 Å². The maximum atomic E-state index is 5.30. The second-order valence-corrected chi connectivity index (χ2v) is 8.66. The molecule has 29 heavy (non-hydrogen) atoms. The molecule has 0 amide bonds. The van der Waals surface area contributed by atoms with Gasteiger partial charge in [-0.3, -0.25) is 10.4 Å². The van der Waals surface area contributed by atoms with Crippen LogP contribution in [0.15, 0.2) is 70.9 Å². The fourth-order valence-corrected chi connectivity index (χ4v) is 5.35. The van der Waals surface area contributed by atoms with Crippen molar-refractivity contribution in [1.29, 1.82) is 0 Å². The summed E-state index contributed by atoms with van der Waals surface area (Å²) in [4.78, 5) is 0. The lowest BCUT2D eigenvalue weighted by Gasteiger charge is -2.51. The Labute approximate surface area is 173 Å². The van der Waals surface area contributed by atoms with Gasteiger partial charge in [0, 0.05) is 11.6 Å². The summed E-state index contributed by atoms with van der Waals surface area (Å²) in [5, 5.41) is 12.6. The lowest BCUT2D eigenvalue weighted by Crippen LogP contribution is -2.59. The summed E-state index contributed by atoms with van der Waals surface area (Å²) >= 11 is 0. The van der Waals surface area contributed by atoms with Crippen LogP contribution in [-0.4, -0.2) is 17.0 Å². The van der Waals surface area contributed by atoms with Gasteiger partial charge in [0.25, 0.3) is 0 Å². The summed E-state index contributed by atoms with van der Waals surface area (Å²) in [5.41, 5.74) is 8.15. The molecule has 3 aliphatic rings. The number of para-hydroxylation sites is 2. The van der Waals surface area contributed by atoms with Gasteiger partial charge in [-0.1, -0.05) is 49.2 Å².